The van der Waals surface area contributed by atoms with Crippen LogP contribution in [0.4, 0.5) is 0 Å². The number of unbranched alkanes of at least 4 members (excludes halogenated alkanes) is 18. The number of rotatable bonds is 51. The summed E-state index contributed by atoms with van der Waals surface area (Å²) >= 11 is 0. The Morgan fingerprint density at radius 3 is 1.15 bits per heavy atom. The van der Waals surface area contributed by atoms with Crippen LogP contribution in [0.1, 0.15) is 219 Å². The lowest BCUT2D eigenvalue weighted by Gasteiger charge is -2.19. The first-order valence-corrected chi connectivity index (χ1v) is 29.5. The van der Waals surface area contributed by atoms with Gasteiger partial charge in [0.2, 0.25) is 0 Å². The van der Waals surface area contributed by atoms with Crippen LogP contribution in [0.25, 0.3) is 0 Å². The monoisotopic (exact) mass is 1010 g/mol. The Hall–Kier alpha value is -3.59. The van der Waals surface area contributed by atoms with Gasteiger partial charge in [0, 0.05) is 19.4 Å². The normalized spacial score (nSPS) is 14.0. The SMILES string of the molecule is CC/C=C\C/C=C\C/C=C\C/C=C\C/C=C\C/C=C\C/C=C\C/C=C\CCCCCCCCCCCCCCC(=O)OC(COC(=O)CCCCCCC/C=C\C/C=C\CCC)COP(=O)(O)OCCN. The summed E-state index contributed by atoms with van der Waals surface area (Å²) in [7, 11) is -4.39. The Morgan fingerprint density at radius 1 is 0.437 bits per heavy atom. The van der Waals surface area contributed by atoms with Crippen molar-refractivity contribution in [2.24, 2.45) is 5.73 Å². The fourth-order valence-electron chi connectivity index (χ4n) is 7.22. The van der Waals surface area contributed by atoms with Gasteiger partial charge in [-0.1, -0.05) is 225 Å². The van der Waals surface area contributed by atoms with Gasteiger partial charge < -0.3 is 20.1 Å². The van der Waals surface area contributed by atoms with Crippen molar-refractivity contribution in [2.45, 2.75) is 225 Å². The van der Waals surface area contributed by atoms with Crippen molar-refractivity contribution in [1.82, 2.24) is 0 Å². The first kappa shape index (κ1) is 67.4. The summed E-state index contributed by atoms with van der Waals surface area (Å²) in [5.41, 5.74) is 5.37. The molecule has 3 N–H and O–H groups in total. The molecule has 71 heavy (non-hydrogen) atoms. The second kappa shape index (κ2) is 55.7. The van der Waals surface area contributed by atoms with Gasteiger partial charge in [-0.15, -0.1) is 0 Å². The van der Waals surface area contributed by atoms with Crippen LogP contribution in [-0.4, -0.2) is 49.3 Å². The number of nitrogens with two attached hydrogens (primary N) is 1. The maximum atomic E-state index is 12.7. The third kappa shape index (κ3) is 55.6. The molecule has 2 unspecified atom stereocenters. The average Bonchev–Trinajstić information content (AvgIpc) is 3.36. The summed E-state index contributed by atoms with van der Waals surface area (Å²) in [6.45, 7) is 3.53. The molecule has 0 amide bonds. The highest BCUT2D eigenvalue weighted by atomic mass is 31.2. The number of phosphoric ester groups is 1. The van der Waals surface area contributed by atoms with E-state index in [0.29, 0.717) is 12.8 Å². The zero-order valence-electron chi connectivity index (χ0n) is 44.9. The highest BCUT2D eigenvalue weighted by Crippen LogP contribution is 2.43. The van der Waals surface area contributed by atoms with Crippen molar-refractivity contribution in [3.05, 3.63) is 122 Å². The van der Waals surface area contributed by atoms with E-state index in [1.54, 1.807) is 0 Å². The molecular formula is C61H102NO8P. The fraction of sp³-hybridized carbons (Fsp3) is 0.639. The Labute approximate surface area is 434 Å². The topological polar surface area (TPSA) is 134 Å². The minimum atomic E-state index is -4.39. The molecule has 0 aromatic rings. The van der Waals surface area contributed by atoms with Gasteiger partial charge >= 0.3 is 19.8 Å². The van der Waals surface area contributed by atoms with Crippen molar-refractivity contribution >= 4 is 19.8 Å². The lowest BCUT2D eigenvalue weighted by molar-refractivity contribution is -0.161. The molecule has 0 saturated heterocycles. The van der Waals surface area contributed by atoms with E-state index in [2.05, 4.69) is 135 Å². The molecule has 10 heteroatoms. The van der Waals surface area contributed by atoms with Gasteiger partial charge in [0.15, 0.2) is 6.10 Å². The van der Waals surface area contributed by atoms with Gasteiger partial charge in [0.25, 0.3) is 0 Å². The number of allylic oxidation sites excluding steroid dienone is 20. The average molecular weight is 1010 g/mol. The van der Waals surface area contributed by atoms with Crippen molar-refractivity contribution in [3.8, 4) is 0 Å². The Bertz CT molecular complexity index is 1570. The number of carbonyl (C=O) groups is 2. The van der Waals surface area contributed by atoms with Crippen molar-refractivity contribution in [3.63, 3.8) is 0 Å². The molecule has 0 fully saturated rings. The molecule has 0 aliphatic carbocycles. The summed E-state index contributed by atoms with van der Waals surface area (Å²) < 4.78 is 32.9. The smallest absolute Gasteiger partial charge is 0.462 e. The van der Waals surface area contributed by atoms with E-state index in [-0.39, 0.29) is 32.6 Å². The molecule has 404 valence electrons. The Morgan fingerprint density at radius 2 is 0.775 bits per heavy atom. The summed E-state index contributed by atoms with van der Waals surface area (Å²) in [5, 5.41) is 0. The minimum Gasteiger partial charge on any atom is -0.462 e. The minimum absolute atomic E-state index is 0.0460. The predicted octanol–water partition coefficient (Wildman–Crippen LogP) is 17.6. The molecule has 0 aromatic carbocycles. The maximum absolute atomic E-state index is 12.7. The quantitative estimate of drug-likeness (QED) is 0.0264. The molecule has 0 aliphatic heterocycles. The van der Waals surface area contributed by atoms with Crippen LogP contribution >= 0.6 is 7.82 Å². The van der Waals surface area contributed by atoms with E-state index >= 15 is 0 Å². The summed E-state index contributed by atoms with van der Waals surface area (Å²) in [5.74, 6) is -0.853. The number of ether oxygens (including phenoxy) is 2. The van der Waals surface area contributed by atoms with Gasteiger partial charge in [-0.25, -0.2) is 4.57 Å². The van der Waals surface area contributed by atoms with Gasteiger partial charge in [-0.2, -0.15) is 0 Å². The first-order chi connectivity index (χ1) is 34.8. The van der Waals surface area contributed by atoms with Crippen LogP contribution in [-0.2, 0) is 32.7 Å². The second-order valence-corrected chi connectivity index (χ2v) is 19.5. The Balaban J connectivity index is 3.94. The predicted molar refractivity (Wildman–Crippen MR) is 302 cm³/mol. The molecule has 2 atom stereocenters. The van der Waals surface area contributed by atoms with Crippen molar-refractivity contribution < 1.29 is 37.6 Å². The maximum Gasteiger partial charge on any atom is 0.472 e. The highest BCUT2D eigenvalue weighted by Gasteiger charge is 2.26. The summed E-state index contributed by atoms with van der Waals surface area (Å²) in [4.78, 5) is 35.0. The van der Waals surface area contributed by atoms with Crippen molar-refractivity contribution in [2.75, 3.05) is 26.4 Å². The molecule has 0 radical (unpaired) electrons. The van der Waals surface area contributed by atoms with E-state index < -0.39 is 32.5 Å². The number of hydrogen-bond donors (Lipinski definition) is 2. The number of hydrogen-bond acceptors (Lipinski definition) is 8. The molecule has 0 heterocycles. The van der Waals surface area contributed by atoms with Crippen LogP contribution in [0.15, 0.2) is 122 Å². The third-order valence-corrected chi connectivity index (χ3v) is 12.3. The molecule has 0 spiro atoms. The molecule has 0 aliphatic rings. The number of esters is 2. The van der Waals surface area contributed by atoms with Gasteiger partial charge in [-0.05, 0) is 103 Å². The van der Waals surface area contributed by atoms with E-state index in [1.165, 1.54) is 64.2 Å². The molecule has 0 saturated carbocycles. The molecular weight excluding hydrogens is 906 g/mol. The van der Waals surface area contributed by atoms with Crippen LogP contribution < -0.4 is 5.73 Å². The number of carbonyl (C=O) groups excluding carboxylic acids is 2. The van der Waals surface area contributed by atoms with Crippen LogP contribution in [0.2, 0.25) is 0 Å². The Kier molecular flexibility index (Phi) is 52.9. The lowest BCUT2D eigenvalue weighted by atomic mass is 10.0. The summed E-state index contributed by atoms with van der Waals surface area (Å²) in [6.07, 6.45) is 76.9. The van der Waals surface area contributed by atoms with Crippen LogP contribution in [0.5, 0.6) is 0 Å². The first-order valence-electron chi connectivity index (χ1n) is 28.0. The van der Waals surface area contributed by atoms with Crippen LogP contribution in [0.3, 0.4) is 0 Å². The molecule has 0 aromatic heterocycles. The van der Waals surface area contributed by atoms with Crippen LogP contribution in [0, 0.1) is 0 Å². The van der Waals surface area contributed by atoms with Gasteiger partial charge in [0.05, 0.1) is 13.2 Å². The standard InChI is InChI=1S/C61H102NO8P/c1-3-5-7-9-11-13-15-17-18-19-20-21-22-23-24-25-26-27-28-29-30-31-32-33-34-35-36-37-38-39-40-42-44-46-48-50-52-54-61(64)70-59(58-69-71(65,66)68-56-55-62)57-67-60(63)53-51-49-47-45-43-41-16-14-12-10-8-6-4-2/h5,7-8,10-11,13-14,16-18,20-21,23-24,26-27,29-30,32-33,59H,3-4,6,9,12,15,19,22,25,28,31,34-58,62H2,1-2H3,(H,65,66)/b7-5-,10-8-,13-11-,16-14-,18-17-,21-20-,24-23-,27-26-,30-29-,33-32-. The van der Waals surface area contributed by atoms with E-state index in [1.807, 2.05) is 0 Å². The fourth-order valence-corrected chi connectivity index (χ4v) is 7.98. The molecule has 0 rings (SSSR count). The van der Waals surface area contributed by atoms with Gasteiger partial charge in [-0.3, -0.25) is 18.6 Å². The third-order valence-electron chi connectivity index (χ3n) is 11.3. The zero-order chi connectivity index (χ0) is 51.7. The van der Waals surface area contributed by atoms with E-state index in [9.17, 15) is 19.0 Å². The largest absolute Gasteiger partial charge is 0.472 e. The van der Waals surface area contributed by atoms with Gasteiger partial charge in [0.1, 0.15) is 6.61 Å². The molecule has 9 nitrogen and oxygen atoms in total. The second-order valence-electron chi connectivity index (χ2n) is 18.1. The van der Waals surface area contributed by atoms with E-state index in [4.69, 9.17) is 24.3 Å². The summed E-state index contributed by atoms with van der Waals surface area (Å²) in [6, 6.07) is 0. The molecule has 0 bridgehead atoms. The highest BCUT2D eigenvalue weighted by molar-refractivity contribution is 7.47. The lowest BCUT2D eigenvalue weighted by Crippen LogP contribution is -2.29. The number of phosphoric acid groups is 1. The van der Waals surface area contributed by atoms with E-state index in [0.717, 1.165) is 116 Å². The zero-order valence-corrected chi connectivity index (χ0v) is 45.8. The van der Waals surface area contributed by atoms with Crippen molar-refractivity contribution in [1.29, 1.82) is 0 Å².